The van der Waals surface area contributed by atoms with Gasteiger partial charge in [-0.2, -0.15) is 0 Å². The van der Waals surface area contributed by atoms with Crippen LogP contribution in [0.4, 0.5) is 0 Å². The van der Waals surface area contributed by atoms with Crippen molar-refractivity contribution < 1.29 is 4.79 Å². The molecule has 1 amide bonds. The minimum atomic E-state index is 0.0584. The lowest BCUT2D eigenvalue weighted by molar-refractivity contribution is -0.125. The molecule has 1 atom stereocenters. The van der Waals surface area contributed by atoms with Crippen LogP contribution >= 0.6 is 34.5 Å². The molecule has 0 spiro atoms. The Balaban J connectivity index is 1.52. The van der Waals surface area contributed by atoms with E-state index in [9.17, 15) is 4.79 Å². The lowest BCUT2D eigenvalue weighted by Gasteiger charge is -2.20. The highest BCUT2D eigenvalue weighted by Gasteiger charge is 2.26. The molecule has 1 unspecified atom stereocenters. The number of hydrogen-bond donors (Lipinski definition) is 1. The second kappa shape index (κ2) is 7.20. The number of nitrogens with zero attached hydrogens (tertiary/aromatic N) is 1. The number of carbonyl (C=O) groups excluding carboxylic acids is 1. The second-order valence-electron chi connectivity index (χ2n) is 5.82. The van der Waals surface area contributed by atoms with E-state index >= 15 is 0 Å². The van der Waals surface area contributed by atoms with E-state index in [0.717, 1.165) is 29.8 Å². The van der Waals surface area contributed by atoms with Gasteiger partial charge in [0.2, 0.25) is 5.91 Å². The Kier molecular flexibility index (Phi) is 5.24. The smallest absolute Gasteiger partial charge is 0.223 e. The molecule has 122 valence electrons. The van der Waals surface area contributed by atoms with E-state index in [4.69, 9.17) is 23.2 Å². The molecule has 0 saturated carbocycles. The van der Waals surface area contributed by atoms with Gasteiger partial charge in [-0.15, -0.1) is 11.3 Å². The molecule has 1 aliphatic rings. The highest BCUT2D eigenvalue weighted by Crippen LogP contribution is 2.29. The van der Waals surface area contributed by atoms with Crippen LogP contribution in [-0.4, -0.2) is 17.4 Å². The molecule has 3 rings (SSSR count). The zero-order valence-electron chi connectivity index (χ0n) is 12.9. The van der Waals surface area contributed by atoms with Crippen molar-refractivity contribution in [1.29, 1.82) is 0 Å². The minimum Gasteiger partial charge on any atom is -0.356 e. The average molecular weight is 369 g/mol. The number of fused-ring (bicyclic) bond motifs is 1. The first-order chi connectivity index (χ1) is 11.0. The minimum absolute atomic E-state index is 0.0584. The number of hydrogen-bond acceptors (Lipinski definition) is 3. The third kappa shape index (κ3) is 4.06. The maximum Gasteiger partial charge on any atom is 0.223 e. The molecule has 23 heavy (non-hydrogen) atoms. The fourth-order valence-corrected chi connectivity index (χ4v) is 4.48. The molecule has 2 aromatic rings. The van der Waals surface area contributed by atoms with E-state index in [2.05, 4.69) is 10.3 Å². The van der Waals surface area contributed by atoms with Crippen LogP contribution in [0.2, 0.25) is 10.0 Å². The van der Waals surface area contributed by atoms with Crippen LogP contribution in [0.1, 0.15) is 27.6 Å². The lowest BCUT2D eigenvalue weighted by Crippen LogP contribution is -2.35. The van der Waals surface area contributed by atoms with Crippen LogP contribution in [0.25, 0.3) is 0 Å². The summed E-state index contributed by atoms with van der Waals surface area (Å²) in [4.78, 5) is 18.2. The van der Waals surface area contributed by atoms with Crippen LogP contribution in [0.5, 0.6) is 0 Å². The molecule has 0 saturated heterocycles. The first-order valence-corrected chi connectivity index (χ1v) is 9.27. The molecular formula is C17H18Cl2N2OS. The number of thiazole rings is 1. The van der Waals surface area contributed by atoms with Gasteiger partial charge in [0.15, 0.2) is 0 Å². The average Bonchev–Trinajstić information content (AvgIpc) is 2.88. The molecule has 0 fully saturated rings. The molecule has 3 nitrogen and oxygen atoms in total. The van der Waals surface area contributed by atoms with Crippen LogP contribution in [0.3, 0.4) is 0 Å². The topological polar surface area (TPSA) is 42.0 Å². The monoisotopic (exact) mass is 368 g/mol. The van der Waals surface area contributed by atoms with Crippen LogP contribution in [-0.2, 0) is 24.1 Å². The van der Waals surface area contributed by atoms with Crippen LogP contribution < -0.4 is 5.32 Å². The Labute approximate surface area is 150 Å². The van der Waals surface area contributed by atoms with Crippen molar-refractivity contribution >= 4 is 40.4 Å². The number of amides is 1. The summed E-state index contributed by atoms with van der Waals surface area (Å²) >= 11 is 13.8. The van der Waals surface area contributed by atoms with Gasteiger partial charge in [0.05, 0.1) is 10.7 Å². The summed E-state index contributed by atoms with van der Waals surface area (Å²) in [6.45, 7) is 2.61. The fraction of sp³-hybridized carbons (Fsp3) is 0.412. The number of aryl methyl sites for hydroxylation is 2. The lowest BCUT2D eigenvalue weighted by atomic mass is 9.90. The van der Waals surface area contributed by atoms with Gasteiger partial charge in [-0.3, -0.25) is 4.79 Å². The molecular weight excluding hydrogens is 351 g/mol. The Morgan fingerprint density at radius 2 is 2.26 bits per heavy atom. The number of carbonyl (C=O) groups is 1. The summed E-state index contributed by atoms with van der Waals surface area (Å²) in [6, 6.07) is 5.46. The summed E-state index contributed by atoms with van der Waals surface area (Å²) in [5.74, 6) is 0.190. The molecule has 0 bridgehead atoms. The van der Waals surface area contributed by atoms with E-state index in [-0.39, 0.29) is 11.8 Å². The van der Waals surface area contributed by atoms with Gasteiger partial charge < -0.3 is 5.32 Å². The van der Waals surface area contributed by atoms with E-state index < -0.39 is 0 Å². The molecule has 1 heterocycles. The van der Waals surface area contributed by atoms with E-state index in [1.54, 1.807) is 17.4 Å². The first kappa shape index (κ1) is 16.7. The Hall–Kier alpha value is -1.10. The third-order valence-electron chi connectivity index (χ3n) is 4.13. The van der Waals surface area contributed by atoms with Gasteiger partial charge in [-0.05, 0) is 50.3 Å². The van der Waals surface area contributed by atoms with Crippen molar-refractivity contribution in [3.05, 3.63) is 49.4 Å². The Bertz CT molecular complexity index is 729. The van der Waals surface area contributed by atoms with Crippen molar-refractivity contribution in [2.24, 2.45) is 5.92 Å². The van der Waals surface area contributed by atoms with Crippen molar-refractivity contribution in [3.63, 3.8) is 0 Å². The number of benzene rings is 1. The summed E-state index contributed by atoms with van der Waals surface area (Å²) in [5, 5.41) is 5.40. The van der Waals surface area contributed by atoms with E-state index in [0.29, 0.717) is 23.0 Å². The number of rotatable bonds is 4. The van der Waals surface area contributed by atoms with Gasteiger partial charge >= 0.3 is 0 Å². The number of nitrogens with one attached hydrogen (secondary N) is 1. The second-order valence-corrected chi connectivity index (χ2v) is 7.95. The highest BCUT2D eigenvalue weighted by molar-refractivity contribution is 7.11. The number of halogens is 2. The SMILES string of the molecule is Cc1nc2c(s1)CC(C(=O)NCCc1ccc(Cl)cc1Cl)CC2. The predicted molar refractivity (Wildman–Crippen MR) is 95.5 cm³/mol. The Morgan fingerprint density at radius 3 is 3.04 bits per heavy atom. The molecule has 1 aromatic heterocycles. The zero-order valence-corrected chi connectivity index (χ0v) is 15.2. The highest BCUT2D eigenvalue weighted by atomic mass is 35.5. The first-order valence-electron chi connectivity index (χ1n) is 7.69. The van der Waals surface area contributed by atoms with Crippen LogP contribution in [0.15, 0.2) is 18.2 Å². The van der Waals surface area contributed by atoms with Gasteiger partial charge in [0.1, 0.15) is 0 Å². The fourth-order valence-electron chi connectivity index (χ4n) is 2.92. The predicted octanol–water partition coefficient (Wildman–Crippen LogP) is 4.22. The van der Waals surface area contributed by atoms with Crippen LogP contribution in [0, 0.1) is 12.8 Å². The molecule has 6 heteroatoms. The molecule has 1 aliphatic carbocycles. The largest absolute Gasteiger partial charge is 0.356 e. The molecule has 0 radical (unpaired) electrons. The van der Waals surface area contributed by atoms with Crippen molar-refractivity contribution in [1.82, 2.24) is 10.3 Å². The molecule has 0 aliphatic heterocycles. The zero-order chi connectivity index (χ0) is 16.4. The van der Waals surface area contributed by atoms with Crippen molar-refractivity contribution in [2.75, 3.05) is 6.54 Å². The van der Waals surface area contributed by atoms with Gasteiger partial charge in [-0.1, -0.05) is 29.3 Å². The molecule has 1 N–H and O–H groups in total. The van der Waals surface area contributed by atoms with E-state index in [1.165, 1.54) is 10.6 Å². The standard InChI is InChI=1S/C17H18Cl2N2OS/c1-10-21-15-5-3-12(8-16(15)23-10)17(22)20-7-6-11-2-4-13(18)9-14(11)19/h2,4,9,12H,3,5-8H2,1H3,(H,20,22). The molecule has 1 aromatic carbocycles. The van der Waals surface area contributed by atoms with Crippen molar-refractivity contribution in [3.8, 4) is 0 Å². The van der Waals surface area contributed by atoms with Crippen molar-refractivity contribution in [2.45, 2.75) is 32.6 Å². The number of aromatic nitrogens is 1. The summed E-state index contributed by atoms with van der Waals surface area (Å²) in [6.07, 6.45) is 3.30. The van der Waals surface area contributed by atoms with Gasteiger partial charge in [0, 0.05) is 27.4 Å². The maximum absolute atomic E-state index is 12.4. The maximum atomic E-state index is 12.4. The van der Waals surface area contributed by atoms with Gasteiger partial charge in [0.25, 0.3) is 0 Å². The quantitative estimate of drug-likeness (QED) is 0.877. The summed E-state index contributed by atoms with van der Waals surface area (Å²) < 4.78 is 0. The third-order valence-corrected chi connectivity index (χ3v) is 5.75. The Morgan fingerprint density at radius 1 is 1.43 bits per heavy atom. The normalized spacial score (nSPS) is 16.9. The summed E-state index contributed by atoms with van der Waals surface area (Å²) in [7, 11) is 0. The van der Waals surface area contributed by atoms with E-state index in [1.807, 2.05) is 19.1 Å². The van der Waals surface area contributed by atoms with Gasteiger partial charge in [-0.25, -0.2) is 4.98 Å². The summed E-state index contributed by atoms with van der Waals surface area (Å²) in [5.41, 5.74) is 2.19.